The second-order valence-corrected chi connectivity index (χ2v) is 6.05. The molecule has 1 aromatic carbocycles. The van der Waals surface area contributed by atoms with E-state index in [2.05, 4.69) is 10.2 Å². The van der Waals surface area contributed by atoms with Crippen LogP contribution in [0.2, 0.25) is 0 Å². The fraction of sp³-hybridized carbons (Fsp3) is 0.600. The molecule has 1 atom stereocenters. The highest BCUT2D eigenvalue weighted by molar-refractivity contribution is 5.31. The van der Waals surface area contributed by atoms with E-state index in [9.17, 15) is 14.6 Å². The Morgan fingerprint density at radius 3 is 2.55 bits per heavy atom. The van der Waals surface area contributed by atoms with Crippen LogP contribution >= 0.6 is 0 Å². The van der Waals surface area contributed by atoms with E-state index in [1.54, 1.807) is 6.07 Å². The van der Waals surface area contributed by atoms with Gasteiger partial charge in [0, 0.05) is 44.2 Å². The first-order valence-corrected chi connectivity index (χ1v) is 7.00. The second-order valence-electron chi connectivity index (χ2n) is 6.05. The Labute approximate surface area is 119 Å². The van der Waals surface area contributed by atoms with Gasteiger partial charge in [-0.05, 0) is 17.7 Å². The average Bonchev–Trinajstić information content (AvgIpc) is 2.44. The summed E-state index contributed by atoms with van der Waals surface area (Å²) in [5.74, 6) is -0.953. The zero-order valence-electron chi connectivity index (χ0n) is 12.1. The van der Waals surface area contributed by atoms with Crippen molar-refractivity contribution in [2.45, 2.75) is 19.9 Å². The molecule has 5 heteroatoms. The number of nitrogens with zero attached hydrogens (tertiary/aromatic N) is 1. The molecule has 1 aliphatic rings. The molecule has 0 aromatic heterocycles. The van der Waals surface area contributed by atoms with Gasteiger partial charge in [0.2, 0.25) is 0 Å². The quantitative estimate of drug-likeness (QED) is 0.783. The van der Waals surface area contributed by atoms with E-state index in [1.165, 1.54) is 12.1 Å². The minimum atomic E-state index is -0.614. The van der Waals surface area contributed by atoms with Gasteiger partial charge in [-0.1, -0.05) is 19.9 Å². The number of hydrogen-bond acceptors (Lipinski definition) is 4. The van der Waals surface area contributed by atoms with Crippen LogP contribution in [0.1, 0.15) is 25.5 Å². The van der Waals surface area contributed by atoms with Crippen molar-refractivity contribution < 1.29 is 14.6 Å². The highest BCUT2D eigenvalue weighted by Crippen LogP contribution is 2.39. The van der Waals surface area contributed by atoms with Crippen LogP contribution in [-0.4, -0.2) is 47.9 Å². The summed E-state index contributed by atoms with van der Waals surface area (Å²) in [5, 5.41) is 22.3. The number of aromatic hydroxyl groups is 1. The predicted molar refractivity (Wildman–Crippen MR) is 76.1 cm³/mol. The zero-order chi connectivity index (χ0) is 14.8. The van der Waals surface area contributed by atoms with Gasteiger partial charge in [0.25, 0.3) is 0 Å². The molecule has 0 bridgehead atoms. The maximum absolute atomic E-state index is 13.7. The fourth-order valence-corrected chi connectivity index (χ4v) is 2.88. The van der Waals surface area contributed by atoms with Gasteiger partial charge >= 0.3 is 0 Å². The van der Waals surface area contributed by atoms with Gasteiger partial charge < -0.3 is 15.5 Å². The summed E-state index contributed by atoms with van der Waals surface area (Å²) in [7, 11) is 0. The number of hydrogen-bond donors (Lipinski definition) is 3. The fourth-order valence-electron chi connectivity index (χ4n) is 2.88. The van der Waals surface area contributed by atoms with E-state index in [1.807, 2.05) is 13.8 Å². The lowest BCUT2D eigenvalue weighted by atomic mass is 9.79. The molecule has 0 aliphatic carbocycles. The first-order valence-electron chi connectivity index (χ1n) is 7.00. The smallest absolute Gasteiger partial charge is 0.165 e. The van der Waals surface area contributed by atoms with Crippen LogP contribution in [0.4, 0.5) is 4.39 Å². The number of halogens is 1. The molecule has 1 aromatic rings. The predicted octanol–water partition coefficient (Wildman–Crippen LogP) is 1.50. The van der Waals surface area contributed by atoms with E-state index in [0.717, 1.165) is 31.7 Å². The van der Waals surface area contributed by atoms with Crippen molar-refractivity contribution in [2.24, 2.45) is 5.41 Å². The third kappa shape index (κ3) is 3.11. The topological polar surface area (TPSA) is 55.7 Å². The van der Waals surface area contributed by atoms with Crippen molar-refractivity contribution in [3.05, 3.63) is 29.6 Å². The molecule has 0 spiro atoms. The Morgan fingerprint density at radius 1 is 1.35 bits per heavy atom. The first-order chi connectivity index (χ1) is 9.45. The standard InChI is InChI=1S/C15H23FN2O2/c1-15(2,10-19)14(18-7-5-17-6-8-18)11-3-4-13(20)12(16)9-11/h3-4,9,14,17,19-20H,5-8,10H2,1-2H3/t14-/m1/s1. The number of benzene rings is 1. The van der Waals surface area contributed by atoms with Crippen molar-refractivity contribution in [3.8, 4) is 5.75 Å². The molecule has 2 rings (SSSR count). The molecular weight excluding hydrogens is 259 g/mol. The van der Waals surface area contributed by atoms with Gasteiger partial charge in [-0.3, -0.25) is 4.90 Å². The molecule has 1 aliphatic heterocycles. The molecule has 0 radical (unpaired) electrons. The molecule has 1 saturated heterocycles. The van der Waals surface area contributed by atoms with Gasteiger partial charge in [-0.2, -0.15) is 0 Å². The summed E-state index contributed by atoms with van der Waals surface area (Å²) < 4.78 is 13.7. The summed E-state index contributed by atoms with van der Waals surface area (Å²) in [5.41, 5.74) is 0.405. The zero-order valence-corrected chi connectivity index (χ0v) is 12.1. The third-order valence-corrected chi connectivity index (χ3v) is 3.95. The van der Waals surface area contributed by atoms with Crippen molar-refractivity contribution in [1.82, 2.24) is 10.2 Å². The number of aliphatic hydroxyl groups excluding tert-OH is 1. The van der Waals surface area contributed by atoms with Crippen LogP contribution in [0.5, 0.6) is 5.75 Å². The van der Waals surface area contributed by atoms with Gasteiger partial charge in [-0.15, -0.1) is 0 Å². The Morgan fingerprint density at radius 2 is 2.00 bits per heavy atom. The second kappa shape index (κ2) is 6.08. The van der Waals surface area contributed by atoms with Crippen LogP contribution in [-0.2, 0) is 0 Å². The van der Waals surface area contributed by atoms with E-state index < -0.39 is 5.82 Å². The average molecular weight is 282 g/mol. The molecule has 0 unspecified atom stereocenters. The van der Waals surface area contributed by atoms with Crippen LogP contribution in [0.15, 0.2) is 18.2 Å². The van der Waals surface area contributed by atoms with Gasteiger partial charge in [0.15, 0.2) is 11.6 Å². The molecule has 0 amide bonds. The number of piperazine rings is 1. The van der Waals surface area contributed by atoms with Gasteiger partial charge in [0.05, 0.1) is 0 Å². The first kappa shape index (κ1) is 15.2. The van der Waals surface area contributed by atoms with Crippen molar-refractivity contribution >= 4 is 0 Å². The van der Waals surface area contributed by atoms with E-state index in [-0.39, 0.29) is 23.8 Å². The number of phenolic OH excluding ortho intramolecular Hbond substituents is 1. The number of nitrogens with one attached hydrogen (secondary N) is 1. The summed E-state index contributed by atoms with van der Waals surface area (Å²) in [6, 6.07) is 4.42. The molecule has 1 fully saturated rings. The maximum Gasteiger partial charge on any atom is 0.165 e. The largest absolute Gasteiger partial charge is 0.505 e. The van der Waals surface area contributed by atoms with Crippen LogP contribution in [0, 0.1) is 11.2 Å². The normalized spacial score (nSPS) is 19.0. The van der Waals surface area contributed by atoms with E-state index >= 15 is 0 Å². The molecule has 4 nitrogen and oxygen atoms in total. The van der Waals surface area contributed by atoms with Crippen molar-refractivity contribution in [3.63, 3.8) is 0 Å². The highest BCUT2D eigenvalue weighted by Gasteiger charge is 2.35. The number of rotatable bonds is 4. The van der Waals surface area contributed by atoms with Crippen molar-refractivity contribution in [2.75, 3.05) is 32.8 Å². The monoisotopic (exact) mass is 282 g/mol. The Hall–Kier alpha value is -1.17. The van der Waals surface area contributed by atoms with Crippen LogP contribution in [0.3, 0.4) is 0 Å². The minimum absolute atomic E-state index is 0.0179. The van der Waals surface area contributed by atoms with Crippen LogP contribution in [0.25, 0.3) is 0 Å². The lowest BCUT2D eigenvalue weighted by Gasteiger charge is -2.43. The van der Waals surface area contributed by atoms with Crippen LogP contribution < -0.4 is 5.32 Å². The lowest BCUT2D eigenvalue weighted by Crippen LogP contribution is -2.49. The summed E-state index contributed by atoms with van der Waals surface area (Å²) in [6.45, 7) is 7.46. The number of phenols is 1. The van der Waals surface area contributed by atoms with Gasteiger partial charge in [-0.25, -0.2) is 4.39 Å². The highest BCUT2D eigenvalue weighted by atomic mass is 19.1. The minimum Gasteiger partial charge on any atom is -0.505 e. The molecular formula is C15H23FN2O2. The summed E-state index contributed by atoms with van der Waals surface area (Å²) >= 11 is 0. The Balaban J connectivity index is 2.36. The van der Waals surface area contributed by atoms with E-state index in [0.29, 0.717) is 0 Å². The third-order valence-electron chi connectivity index (χ3n) is 3.95. The SMILES string of the molecule is CC(C)(CO)[C@@H](c1ccc(O)c(F)c1)N1CCNCC1. The van der Waals surface area contributed by atoms with Gasteiger partial charge in [0.1, 0.15) is 0 Å². The molecule has 1 heterocycles. The Kier molecular flexibility index (Phi) is 4.62. The summed E-state index contributed by atoms with van der Waals surface area (Å²) in [4.78, 5) is 2.26. The number of aliphatic hydroxyl groups is 1. The Bertz CT molecular complexity index is 459. The lowest BCUT2D eigenvalue weighted by molar-refractivity contribution is 0.0303. The van der Waals surface area contributed by atoms with E-state index in [4.69, 9.17) is 0 Å². The summed E-state index contributed by atoms with van der Waals surface area (Å²) in [6.07, 6.45) is 0. The maximum atomic E-state index is 13.7. The molecule has 0 saturated carbocycles. The molecule has 3 N–H and O–H groups in total. The van der Waals surface area contributed by atoms with Crippen molar-refractivity contribution in [1.29, 1.82) is 0 Å². The molecule has 112 valence electrons. The molecule has 20 heavy (non-hydrogen) atoms.